The molecule has 0 saturated heterocycles. The average Bonchev–Trinajstić information content (AvgIpc) is 2.76. The Labute approximate surface area is 186 Å². The first-order valence-corrected chi connectivity index (χ1v) is 9.37. The van der Waals surface area contributed by atoms with Crippen LogP contribution in [-0.2, 0) is 43.0 Å². The molecule has 1 rings (SSSR count). The Balaban J connectivity index is 2.22. The van der Waals surface area contributed by atoms with Crippen molar-refractivity contribution in [2.75, 3.05) is 33.0 Å². The second kappa shape index (κ2) is 14.7. The molecule has 0 amide bonds. The third kappa shape index (κ3) is 12.3. The van der Waals surface area contributed by atoms with Gasteiger partial charge in [-0.2, -0.15) is 0 Å². The Morgan fingerprint density at radius 1 is 0.818 bits per heavy atom. The van der Waals surface area contributed by atoms with Crippen molar-refractivity contribution in [3.63, 3.8) is 0 Å². The number of ether oxygens (including phenoxy) is 5. The van der Waals surface area contributed by atoms with Crippen LogP contribution in [0, 0.1) is 10.1 Å². The zero-order valence-electron chi connectivity index (χ0n) is 17.5. The molecule has 0 radical (unpaired) electrons. The molecule has 0 spiro atoms. The van der Waals surface area contributed by atoms with Crippen LogP contribution in [-0.4, -0.2) is 68.0 Å². The topological polar surface area (TPSA) is 184 Å². The SMILES string of the molecule is CC(=O)Oc1ccccc1C(=O)OCC(=O)OCC(=O)OCC(=O)OCCCCO[N+](=O)[O-]. The third-order valence-electron chi connectivity index (χ3n) is 3.38. The molecule has 0 aliphatic rings. The minimum Gasteiger partial charge on any atom is -0.463 e. The fourth-order valence-electron chi connectivity index (χ4n) is 2.01. The van der Waals surface area contributed by atoms with Gasteiger partial charge in [0, 0.05) is 6.92 Å². The second-order valence-corrected chi connectivity index (χ2v) is 5.97. The molecule has 14 heteroatoms. The molecule has 0 fully saturated rings. The van der Waals surface area contributed by atoms with Crippen LogP contribution >= 0.6 is 0 Å². The van der Waals surface area contributed by atoms with Crippen LogP contribution in [0.2, 0.25) is 0 Å². The fourth-order valence-corrected chi connectivity index (χ4v) is 2.01. The van der Waals surface area contributed by atoms with Crippen LogP contribution in [0.25, 0.3) is 0 Å². The number of carbonyl (C=O) groups is 5. The van der Waals surface area contributed by atoms with E-state index >= 15 is 0 Å². The third-order valence-corrected chi connectivity index (χ3v) is 3.38. The van der Waals surface area contributed by atoms with Gasteiger partial charge in [0.1, 0.15) is 11.3 Å². The highest BCUT2D eigenvalue weighted by Crippen LogP contribution is 2.19. The predicted molar refractivity (Wildman–Crippen MR) is 103 cm³/mol. The Hall–Kier alpha value is -4.23. The first-order valence-electron chi connectivity index (χ1n) is 9.37. The maximum atomic E-state index is 12.0. The summed E-state index contributed by atoms with van der Waals surface area (Å²) >= 11 is 0. The van der Waals surface area contributed by atoms with Gasteiger partial charge in [-0.3, -0.25) is 4.79 Å². The minimum absolute atomic E-state index is 0.0521. The quantitative estimate of drug-likeness (QED) is 0.0907. The highest BCUT2D eigenvalue weighted by molar-refractivity contribution is 5.94. The summed E-state index contributed by atoms with van der Waals surface area (Å²) in [7, 11) is 0. The number of nitrogens with zero attached hydrogens (tertiary/aromatic N) is 1. The van der Waals surface area contributed by atoms with Gasteiger partial charge in [0.15, 0.2) is 19.8 Å². The van der Waals surface area contributed by atoms with Gasteiger partial charge in [0.05, 0.1) is 13.2 Å². The van der Waals surface area contributed by atoms with Gasteiger partial charge in [0.2, 0.25) is 0 Å². The molecule has 0 N–H and O–H groups in total. The van der Waals surface area contributed by atoms with Crippen LogP contribution in [0.4, 0.5) is 0 Å². The summed E-state index contributed by atoms with van der Waals surface area (Å²) in [6.45, 7) is -1.45. The van der Waals surface area contributed by atoms with Crippen LogP contribution in [0.1, 0.15) is 30.1 Å². The molecule has 0 aromatic heterocycles. The lowest BCUT2D eigenvalue weighted by atomic mass is 10.2. The summed E-state index contributed by atoms with van der Waals surface area (Å²) < 4.78 is 23.5. The Morgan fingerprint density at radius 2 is 1.36 bits per heavy atom. The van der Waals surface area contributed by atoms with E-state index in [-0.39, 0.29) is 30.9 Å². The molecular formula is C19H21NO13. The van der Waals surface area contributed by atoms with Gasteiger partial charge in [-0.15, -0.1) is 10.1 Å². The lowest BCUT2D eigenvalue weighted by Gasteiger charge is -2.09. The van der Waals surface area contributed by atoms with E-state index in [9.17, 15) is 34.1 Å². The molecular weight excluding hydrogens is 450 g/mol. The molecule has 0 heterocycles. The van der Waals surface area contributed by atoms with Crippen molar-refractivity contribution in [3.05, 3.63) is 39.9 Å². The van der Waals surface area contributed by atoms with Crippen molar-refractivity contribution in [2.24, 2.45) is 0 Å². The van der Waals surface area contributed by atoms with E-state index in [0.717, 1.165) is 6.92 Å². The standard InChI is InChI=1S/C19H21NO13/c1-13(21)33-15-7-3-2-6-14(15)19(25)31-12-18(24)30-11-17(23)29-10-16(22)28-8-4-5-9-32-20(26)27/h2-3,6-7H,4-5,8-12H2,1H3. The summed E-state index contributed by atoms with van der Waals surface area (Å²) in [5.74, 6) is -4.65. The van der Waals surface area contributed by atoms with E-state index in [1.165, 1.54) is 24.3 Å². The van der Waals surface area contributed by atoms with Gasteiger partial charge in [-0.25, -0.2) is 19.2 Å². The number of benzene rings is 1. The molecule has 0 unspecified atom stereocenters. The maximum absolute atomic E-state index is 12.0. The number of hydrogen-bond acceptors (Lipinski definition) is 13. The highest BCUT2D eigenvalue weighted by atomic mass is 16.9. The van der Waals surface area contributed by atoms with Crippen molar-refractivity contribution >= 4 is 29.8 Å². The smallest absolute Gasteiger partial charge is 0.344 e. The summed E-state index contributed by atoms with van der Waals surface area (Å²) in [5, 5.41) is 9.00. The second-order valence-electron chi connectivity index (χ2n) is 5.97. The lowest BCUT2D eigenvalue weighted by Crippen LogP contribution is -2.23. The Kier molecular flexibility index (Phi) is 12.0. The molecule has 33 heavy (non-hydrogen) atoms. The van der Waals surface area contributed by atoms with Crippen LogP contribution in [0.3, 0.4) is 0 Å². The van der Waals surface area contributed by atoms with Crippen molar-refractivity contribution in [1.82, 2.24) is 0 Å². The monoisotopic (exact) mass is 471 g/mol. The molecule has 0 atom stereocenters. The molecule has 1 aromatic rings. The Bertz CT molecular complexity index is 867. The molecule has 0 aliphatic heterocycles. The fraction of sp³-hybridized carbons (Fsp3) is 0.421. The zero-order chi connectivity index (χ0) is 24.6. The number of rotatable bonds is 14. The van der Waals surface area contributed by atoms with Gasteiger partial charge < -0.3 is 28.5 Å². The van der Waals surface area contributed by atoms with Crippen molar-refractivity contribution in [3.8, 4) is 5.75 Å². The molecule has 0 saturated carbocycles. The first kappa shape index (κ1) is 26.8. The van der Waals surface area contributed by atoms with E-state index in [2.05, 4.69) is 14.3 Å². The van der Waals surface area contributed by atoms with Gasteiger partial charge >= 0.3 is 29.8 Å². The first-order chi connectivity index (χ1) is 15.7. The average molecular weight is 471 g/mol. The minimum atomic E-state index is -1.07. The maximum Gasteiger partial charge on any atom is 0.344 e. The van der Waals surface area contributed by atoms with Crippen LogP contribution < -0.4 is 4.74 Å². The Morgan fingerprint density at radius 3 is 1.97 bits per heavy atom. The number of unbranched alkanes of at least 4 members (excludes halogenated alkanes) is 1. The molecule has 180 valence electrons. The number of hydrogen-bond donors (Lipinski definition) is 0. The van der Waals surface area contributed by atoms with Gasteiger partial charge in [-0.1, -0.05) is 12.1 Å². The number of para-hydroxylation sites is 1. The van der Waals surface area contributed by atoms with Crippen LogP contribution in [0.15, 0.2) is 24.3 Å². The molecule has 0 aliphatic carbocycles. The van der Waals surface area contributed by atoms with Gasteiger partial charge in [0.25, 0.3) is 5.09 Å². The lowest BCUT2D eigenvalue weighted by molar-refractivity contribution is -0.757. The summed E-state index contributed by atoms with van der Waals surface area (Å²) in [4.78, 5) is 71.6. The van der Waals surface area contributed by atoms with E-state index < -0.39 is 54.8 Å². The van der Waals surface area contributed by atoms with Crippen molar-refractivity contribution in [2.45, 2.75) is 19.8 Å². The van der Waals surface area contributed by atoms with E-state index in [0.29, 0.717) is 6.42 Å². The predicted octanol–water partition coefficient (Wildman–Crippen LogP) is 0.387. The molecule has 0 bridgehead atoms. The molecule has 14 nitrogen and oxygen atoms in total. The summed E-state index contributed by atoms with van der Waals surface area (Å²) in [6, 6.07) is 5.71. The highest BCUT2D eigenvalue weighted by Gasteiger charge is 2.18. The van der Waals surface area contributed by atoms with Crippen LogP contribution in [0.5, 0.6) is 5.75 Å². The van der Waals surface area contributed by atoms with Crippen molar-refractivity contribution < 1.29 is 57.6 Å². The van der Waals surface area contributed by atoms with Crippen molar-refractivity contribution in [1.29, 1.82) is 0 Å². The zero-order valence-corrected chi connectivity index (χ0v) is 17.5. The van der Waals surface area contributed by atoms with E-state index in [4.69, 9.17) is 14.2 Å². The number of esters is 5. The van der Waals surface area contributed by atoms with Gasteiger partial charge in [-0.05, 0) is 25.0 Å². The number of carbonyl (C=O) groups excluding carboxylic acids is 5. The summed E-state index contributed by atoms with van der Waals surface area (Å²) in [6.07, 6.45) is 0.582. The molecule has 1 aromatic carbocycles. The van der Waals surface area contributed by atoms with E-state index in [1.807, 2.05) is 0 Å². The normalized spacial score (nSPS) is 9.85. The van der Waals surface area contributed by atoms with E-state index in [1.54, 1.807) is 0 Å². The summed E-state index contributed by atoms with van der Waals surface area (Å²) in [5.41, 5.74) is -0.0938. The largest absolute Gasteiger partial charge is 0.463 e.